The van der Waals surface area contributed by atoms with Crippen LogP contribution in [0.3, 0.4) is 0 Å². The molecule has 0 radical (unpaired) electrons. The Morgan fingerprint density at radius 1 is 1.23 bits per heavy atom. The monoisotopic (exact) mass is 178 g/mol. The number of nitrogens with two attached hydrogens (primary N) is 1. The molecule has 0 aromatic heterocycles. The summed E-state index contributed by atoms with van der Waals surface area (Å²) in [7, 11) is 0. The molecule has 1 aliphatic rings. The maximum absolute atomic E-state index is 4.99. The number of hydrogen-bond donors (Lipinski definition) is 1. The smallest absolute Gasteiger partial charge is 0.0806 e. The standard InChI is InChI=1S/C10H14N2O/c11-13-6-5-12-7-9-3-1-2-4-10(9)8-12/h1-4H,5-8,11H2. The van der Waals surface area contributed by atoms with Gasteiger partial charge in [0.2, 0.25) is 0 Å². The van der Waals surface area contributed by atoms with Gasteiger partial charge in [0.05, 0.1) is 6.61 Å². The maximum atomic E-state index is 4.99. The van der Waals surface area contributed by atoms with Gasteiger partial charge in [-0.25, -0.2) is 5.90 Å². The first-order valence-electron chi connectivity index (χ1n) is 4.51. The highest BCUT2D eigenvalue weighted by Crippen LogP contribution is 2.21. The molecule has 1 aromatic carbocycles. The lowest BCUT2D eigenvalue weighted by molar-refractivity contribution is 0.105. The van der Waals surface area contributed by atoms with Crippen LogP contribution in [0.2, 0.25) is 0 Å². The average Bonchev–Trinajstić information content (AvgIpc) is 2.57. The molecule has 3 nitrogen and oxygen atoms in total. The van der Waals surface area contributed by atoms with E-state index in [0.29, 0.717) is 6.61 Å². The van der Waals surface area contributed by atoms with Crippen molar-refractivity contribution in [1.29, 1.82) is 0 Å². The van der Waals surface area contributed by atoms with E-state index in [-0.39, 0.29) is 0 Å². The molecule has 0 atom stereocenters. The van der Waals surface area contributed by atoms with Crippen LogP contribution in [0.15, 0.2) is 24.3 Å². The molecule has 1 heterocycles. The normalized spacial score (nSPS) is 16.1. The van der Waals surface area contributed by atoms with Gasteiger partial charge in [0, 0.05) is 19.6 Å². The zero-order chi connectivity index (χ0) is 9.10. The van der Waals surface area contributed by atoms with Crippen LogP contribution >= 0.6 is 0 Å². The van der Waals surface area contributed by atoms with Gasteiger partial charge >= 0.3 is 0 Å². The molecule has 0 spiro atoms. The van der Waals surface area contributed by atoms with Gasteiger partial charge in [-0.2, -0.15) is 0 Å². The largest absolute Gasteiger partial charge is 0.303 e. The van der Waals surface area contributed by atoms with E-state index < -0.39 is 0 Å². The van der Waals surface area contributed by atoms with Crippen molar-refractivity contribution in [1.82, 2.24) is 4.90 Å². The van der Waals surface area contributed by atoms with Crippen LogP contribution in [-0.2, 0) is 17.9 Å². The number of fused-ring (bicyclic) bond motifs is 1. The Kier molecular flexibility index (Phi) is 2.59. The predicted molar refractivity (Wildman–Crippen MR) is 50.7 cm³/mol. The molecule has 0 saturated heterocycles. The fourth-order valence-corrected chi connectivity index (χ4v) is 1.74. The Morgan fingerprint density at radius 3 is 2.38 bits per heavy atom. The lowest BCUT2D eigenvalue weighted by Gasteiger charge is -2.12. The highest BCUT2D eigenvalue weighted by Gasteiger charge is 2.16. The topological polar surface area (TPSA) is 38.5 Å². The highest BCUT2D eigenvalue weighted by molar-refractivity contribution is 5.30. The first-order chi connectivity index (χ1) is 6.40. The second-order valence-electron chi connectivity index (χ2n) is 3.35. The van der Waals surface area contributed by atoms with E-state index in [1.54, 1.807) is 0 Å². The Labute approximate surface area is 78.1 Å². The van der Waals surface area contributed by atoms with E-state index in [1.165, 1.54) is 11.1 Å². The molecule has 13 heavy (non-hydrogen) atoms. The van der Waals surface area contributed by atoms with Gasteiger partial charge in [0.15, 0.2) is 0 Å². The van der Waals surface area contributed by atoms with Gasteiger partial charge in [-0.3, -0.25) is 4.90 Å². The molecule has 0 unspecified atom stereocenters. The number of rotatable bonds is 3. The van der Waals surface area contributed by atoms with Crippen molar-refractivity contribution in [2.45, 2.75) is 13.1 Å². The zero-order valence-electron chi connectivity index (χ0n) is 7.57. The fourth-order valence-electron chi connectivity index (χ4n) is 1.74. The summed E-state index contributed by atoms with van der Waals surface area (Å²) in [4.78, 5) is 6.89. The van der Waals surface area contributed by atoms with Gasteiger partial charge in [0.1, 0.15) is 0 Å². The Morgan fingerprint density at radius 2 is 1.85 bits per heavy atom. The quantitative estimate of drug-likeness (QED) is 0.699. The summed E-state index contributed by atoms with van der Waals surface area (Å²) in [5.74, 6) is 4.99. The van der Waals surface area contributed by atoms with Gasteiger partial charge in [-0.15, -0.1) is 0 Å². The average molecular weight is 178 g/mol. The van der Waals surface area contributed by atoms with E-state index >= 15 is 0 Å². The van der Waals surface area contributed by atoms with E-state index in [0.717, 1.165) is 19.6 Å². The van der Waals surface area contributed by atoms with E-state index in [4.69, 9.17) is 5.90 Å². The highest BCUT2D eigenvalue weighted by atomic mass is 16.6. The van der Waals surface area contributed by atoms with Crippen molar-refractivity contribution in [3.05, 3.63) is 35.4 Å². The van der Waals surface area contributed by atoms with Crippen LogP contribution < -0.4 is 5.90 Å². The Bertz CT molecular complexity index is 263. The van der Waals surface area contributed by atoms with Gasteiger partial charge < -0.3 is 4.84 Å². The summed E-state index contributed by atoms with van der Waals surface area (Å²) in [5.41, 5.74) is 2.86. The molecule has 1 aliphatic heterocycles. The van der Waals surface area contributed by atoms with Crippen molar-refractivity contribution in [2.24, 2.45) is 5.90 Å². The van der Waals surface area contributed by atoms with Crippen molar-refractivity contribution >= 4 is 0 Å². The minimum atomic E-state index is 0.605. The van der Waals surface area contributed by atoms with Gasteiger partial charge in [-0.05, 0) is 11.1 Å². The molecule has 70 valence electrons. The van der Waals surface area contributed by atoms with Crippen LogP contribution in [0.25, 0.3) is 0 Å². The molecule has 0 aliphatic carbocycles. The zero-order valence-corrected chi connectivity index (χ0v) is 7.57. The summed E-state index contributed by atoms with van der Waals surface area (Å²) >= 11 is 0. The molecule has 3 heteroatoms. The third-order valence-electron chi connectivity index (χ3n) is 2.43. The summed E-state index contributed by atoms with van der Waals surface area (Å²) in [6, 6.07) is 8.53. The molecule has 1 aromatic rings. The van der Waals surface area contributed by atoms with E-state index in [1.807, 2.05) is 0 Å². The predicted octanol–water partition coefficient (Wildman–Crippen LogP) is 0.892. The fraction of sp³-hybridized carbons (Fsp3) is 0.400. The molecular weight excluding hydrogens is 164 g/mol. The summed E-state index contributed by atoms with van der Waals surface area (Å²) in [6.45, 7) is 3.57. The first-order valence-corrected chi connectivity index (χ1v) is 4.51. The lowest BCUT2D eigenvalue weighted by atomic mass is 10.1. The summed E-state index contributed by atoms with van der Waals surface area (Å²) < 4.78 is 0. The maximum Gasteiger partial charge on any atom is 0.0806 e. The minimum Gasteiger partial charge on any atom is -0.303 e. The number of hydrogen-bond acceptors (Lipinski definition) is 3. The van der Waals surface area contributed by atoms with Crippen molar-refractivity contribution < 1.29 is 4.84 Å². The van der Waals surface area contributed by atoms with Crippen molar-refractivity contribution in [3.63, 3.8) is 0 Å². The van der Waals surface area contributed by atoms with Crippen LogP contribution in [0.1, 0.15) is 11.1 Å². The first kappa shape index (κ1) is 8.69. The SMILES string of the molecule is NOCCN1Cc2ccccc2C1. The minimum absolute atomic E-state index is 0.605. The van der Waals surface area contributed by atoms with Gasteiger partial charge in [0.25, 0.3) is 0 Å². The summed E-state index contributed by atoms with van der Waals surface area (Å²) in [6.07, 6.45) is 0. The molecule has 0 fully saturated rings. The van der Waals surface area contributed by atoms with Crippen LogP contribution in [0.5, 0.6) is 0 Å². The molecule has 2 rings (SSSR count). The van der Waals surface area contributed by atoms with Crippen molar-refractivity contribution in [2.75, 3.05) is 13.2 Å². The molecule has 0 saturated carbocycles. The number of nitrogens with zero attached hydrogens (tertiary/aromatic N) is 1. The Hall–Kier alpha value is -0.900. The Balaban J connectivity index is 1.97. The molecule has 0 amide bonds. The molecular formula is C10H14N2O. The third-order valence-corrected chi connectivity index (χ3v) is 2.43. The van der Waals surface area contributed by atoms with Crippen molar-refractivity contribution in [3.8, 4) is 0 Å². The van der Waals surface area contributed by atoms with E-state index in [9.17, 15) is 0 Å². The lowest BCUT2D eigenvalue weighted by Crippen LogP contribution is -2.22. The second kappa shape index (κ2) is 3.87. The third kappa shape index (κ3) is 1.88. The second-order valence-corrected chi connectivity index (χ2v) is 3.35. The van der Waals surface area contributed by atoms with Gasteiger partial charge in [-0.1, -0.05) is 24.3 Å². The molecule has 2 N–H and O–H groups in total. The van der Waals surface area contributed by atoms with Crippen LogP contribution in [-0.4, -0.2) is 18.1 Å². The van der Waals surface area contributed by atoms with Crippen LogP contribution in [0, 0.1) is 0 Å². The summed E-state index contributed by atoms with van der Waals surface area (Å²) in [5, 5.41) is 0. The number of benzene rings is 1. The van der Waals surface area contributed by atoms with E-state index in [2.05, 4.69) is 34.0 Å². The van der Waals surface area contributed by atoms with Crippen LogP contribution in [0.4, 0.5) is 0 Å². The molecule has 0 bridgehead atoms.